The van der Waals surface area contributed by atoms with Crippen LogP contribution in [0.5, 0.6) is 0 Å². The third-order valence-electron chi connectivity index (χ3n) is 2.96. The van der Waals surface area contributed by atoms with E-state index in [1.54, 1.807) is 0 Å². The van der Waals surface area contributed by atoms with Crippen LogP contribution in [0.3, 0.4) is 0 Å². The lowest BCUT2D eigenvalue weighted by atomic mass is 10.4. The topological polar surface area (TPSA) is 108 Å². The van der Waals surface area contributed by atoms with E-state index in [9.17, 15) is 9.59 Å². The van der Waals surface area contributed by atoms with Gasteiger partial charge >= 0.3 is 6.16 Å². The molecule has 1 amide bonds. The fourth-order valence-electron chi connectivity index (χ4n) is 2.01. The Kier molecular flexibility index (Phi) is 3.16. The molecular formula is C12H13N5O4. The molecule has 0 saturated carbocycles. The number of ether oxygens (including phenoxy) is 2. The molecule has 9 nitrogen and oxygen atoms in total. The quantitative estimate of drug-likeness (QED) is 0.793. The molecule has 0 spiro atoms. The molecule has 21 heavy (non-hydrogen) atoms. The Bertz CT molecular complexity index is 726. The van der Waals surface area contributed by atoms with Gasteiger partial charge in [0.05, 0.1) is 6.54 Å². The number of fused-ring (bicyclic) bond motifs is 1. The van der Waals surface area contributed by atoms with Crippen LogP contribution < -0.4 is 5.32 Å². The molecule has 0 bridgehead atoms. The Balaban J connectivity index is 1.72. The lowest BCUT2D eigenvalue weighted by Gasteiger charge is -2.06. The number of carbonyl (C=O) groups excluding carboxylic acids is 2. The third kappa shape index (κ3) is 2.62. The van der Waals surface area contributed by atoms with Gasteiger partial charge in [-0.05, 0) is 19.9 Å². The molecular weight excluding hydrogens is 278 g/mol. The highest BCUT2D eigenvalue weighted by Gasteiger charge is 2.26. The van der Waals surface area contributed by atoms with Crippen molar-refractivity contribution in [3.8, 4) is 0 Å². The van der Waals surface area contributed by atoms with Crippen molar-refractivity contribution in [2.45, 2.75) is 20.0 Å². The Morgan fingerprint density at radius 3 is 3.00 bits per heavy atom. The Morgan fingerprint density at radius 1 is 1.48 bits per heavy atom. The van der Waals surface area contributed by atoms with Crippen LogP contribution in [0.15, 0.2) is 6.07 Å². The van der Waals surface area contributed by atoms with E-state index >= 15 is 0 Å². The molecule has 3 heterocycles. The van der Waals surface area contributed by atoms with E-state index in [-0.39, 0.29) is 19.0 Å². The summed E-state index contributed by atoms with van der Waals surface area (Å²) in [6.07, 6.45) is -1.21. The highest BCUT2D eigenvalue weighted by molar-refractivity contribution is 5.90. The summed E-state index contributed by atoms with van der Waals surface area (Å²) in [7, 11) is 0. The molecule has 1 N–H and O–H groups in total. The first-order chi connectivity index (χ1) is 10.0. The molecule has 1 aliphatic heterocycles. The molecule has 110 valence electrons. The standard InChI is InChI=1S/C12H13N5O4/c1-6-3-7(2)17-11(14-6)15-9(16-17)10(18)13-4-8-5-20-12(19)21-8/h3,8H,4-5H2,1-2H3,(H,13,18)/t8-/m0/s1. The third-order valence-corrected chi connectivity index (χ3v) is 2.96. The first-order valence-corrected chi connectivity index (χ1v) is 6.35. The Labute approximate surface area is 119 Å². The fourth-order valence-corrected chi connectivity index (χ4v) is 2.01. The van der Waals surface area contributed by atoms with Crippen LogP contribution in [0.1, 0.15) is 22.0 Å². The van der Waals surface area contributed by atoms with Crippen LogP contribution >= 0.6 is 0 Å². The summed E-state index contributed by atoms with van der Waals surface area (Å²) in [5.74, 6) is -0.0739. The molecule has 2 aromatic rings. The van der Waals surface area contributed by atoms with Gasteiger partial charge in [0, 0.05) is 11.4 Å². The monoisotopic (exact) mass is 291 g/mol. The van der Waals surface area contributed by atoms with E-state index in [0.717, 1.165) is 11.4 Å². The number of nitrogens with zero attached hydrogens (tertiary/aromatic N) is 4. The first kappa shape index (κ1) is 13.3. The van der Waals surface area contributed by atoms with Crippen LogP contribution in [0.25, 0.3) is 5.78 Å². The van der Waals surface area contributed by atoms with Crippen molar-refractivity contribution in [1.29, 1.82) is 0 Å². The minimum atomic E-state index is -0.726. The van der Waals surface area contributed by atoms with Gasteiger partial charge in [0.2, 0.25) is 5.82 Å². The van der Waals surface area contributed by atoms with Crippen LogP contribution in [0, 0.1) is 13.8 Å². The van der Waals surface area contributed by atoms with Crippen molar-refractivity contribution in [2.75, 3.05) is 13.2 Å². The van der Waals surface area contributed by atoms with Gasteiger partial charge < -0.3 is 14.8 Å². The SMILES string of the molecule is Cc1cc(C)n2nc(C(=O)NC[C@H]3COC(=O)O3)nc2n1. The zero-order valence-electron chi connectivity index (χ0n) is 11.5. The number of hydrogen-bond acceptors (Lipinski definition) is 7. The molecule has 1 fully saturated rings. The van der Waals surface area contributed by atoms with Crippen molar-refractivity contribution < 1.29 is 19.1 Å². The maximum Gasteiger partial charge on any atom is 0.508 e. The van der Waals surface area contributed by atoms with Gasteiger partial charge in [-0.15, -0.1) is 5.10 Å². The normalized spacial score (nSPS) is 17.6. The van der Waals surface area contributed by atoms with Gasteiger partial charge in [0.15, 0.2) is 6.10 Å². The molecule has 1 atom stereocenters. The summed E-state index contributed by atoms with van der Waals surface area (Å²) in [6, 6.07) is 1.85. The summed E-state index contributed by atoms with van der Waals surface area (Å²) >= 11 is 0. The highest BCUT2D eigenvalue weighted by Crippen LogP contribution is 2.07. The lowest BCUT2D eigenvalue weighted by molar-refractivity contribution is 0.0901. The van der Waals surface area contributed by atoms with Crippen molar-refractivity contribution in [1.82, 2.24) is 24.9 Å². The summed E-state index contributed by atoms with van der Waals surface area (Å²) < 4.78 is 10.9. The summed E-state index contributed by atoms with van der Waals surface area (Å²) in [6.45, 7) is 3.96. The summed E-state index contributed by atoms with van der Waals surface area (Å²) in [5, 5.41) is 6.70. The minimum absolute atomic E-state index is 0.0152. The number of cyclic esters (lactones) is 2. The molecule has 3 rings (SSSR count). The van der Waals surface area contributed by atoms with Crippen LogP contribution in [0.4, 0.5) is 4.79 Å². The second kappa shape index (κ2) is 5.00. The van der Waals surface area contributed by atoms with Gasteiger partial charge in [-0.3, -0.25) is 4.79 Å². The van der Waals surface area contributed by atoms with Crippen molar-refractivity contribution >= 4 is 17.8 Å². The molecule has 0 radical (unpaired) electrons. The fraction of sp³-hybridized carbons (Fsp3) is 0.417. The lowest BCUT2D eigenvalue weighted by Crippen LogP contribution is -2.34. The van der Waals surface area contributed by atoms with E-state index in [4.69, 9.17) is 4.74 Å². The van der Waals surface area contributed by atoms with Crippen molar-refractivity contribution in [3.63, 3.8) is 0 Å². The number of aromatic nitrogens is 4. The zero-order valence-corrected chi connectivity index (χ0v) is 11.5. The second-order valence-corrected chi connectivity index (χ2v) is 4.70. The molecule has 0 aliphatic carbocycles. The van der Waals surface area contributed by atoms with Gasteiger partial charge in [0.1, 0.15) is 6.61 Å². The molecule has 9 heteroatoms. The van der Waals surface area contributed by atoms with Gasteiger partial charge in [-0.2, -0.15) is 4.98 Å². The number of carbonyl (C=O) groups is 2. The van der Waals surface area contributed by atoms with E-state index < -0.39 is 18.2 Å². The van der Waals surface area contributed by atoms with E-state index in [0.29, 0.717) is 5.78 Å². The molecule has 1 aliphatic rings. The molecule has 0 aromatic carbocycles. The highest BCUT2D eigenvalue weighted by atomic mass is 16.8. The number of rotatable bonds is 3. The van der Waals surface area contributed by atoms with Gasteiger partial charge in [-0.1, -0.05) is 0 Å². The molecule has 2 aromatic heterocycles. The van der Waals surface area contributed by atoms with Gasteiger partial charge in [0.25, 0.3) is 11.7 Å². The number of hydrogen-bond donors (Lipinski definition) is 1. The smallest absolute Gasteiger partial charge is 0.430 e. The van der Waals surface area contributed by atoms with Crippen molar-refractivity contribution in [3.05, 3.63) is 23.3 Å². The molecule has 1 saturated heterocycles. The minimum Gasteiger partial charge on any atom is -0.430 e. The predicted octanol–water partition coefficient (Wildman–Crippen LogP) is 0.00634. The van der Waals surface area contributed by atoms with E-state index in [1.165, 1.54) is 4.52 Å². The van der Waals surface area contributed by atoms with Crippen LogP contribution in [-0.4, -0.2) is 50.9 Å². The Hall–Kier alpha value is -2.71. The van der Waals surface area contributed by atoms with Crippen LogP contribution in [-0.2, 0) is 9.47 Å². The predicted molar refractivity (Wildman–Crippen MR) is 68.8 cm³/mol. The maximum atomic E-state index is 12.0. The number of aryl methyl sites for hydroxylation is 2. The summed E-state index contributed by atoms with van der Waals surface area (Å²) in [5.41, 5.74) is 1.64. The first-order valence-electron chi connectivity index (χ1n) is 6.35. The number of amides is 1. The average Bonchev–Trinajstić information content (AvgIpc) is 3.02. The van der Waals surface area contributed by atoms with Crippen LogP contribution in [0.2, 0.25) is 0 Å². The largest absolute Gasteiger partial charge is 0.508 e. The number of nitrogens with one attached hydrogen (secondary N) is 1. The summed E-state index contributed by atoms with van der Waals surface area (Å²) in [4.78, 5) is 31.0. The zero-order chi connectivity index (χ0) is 15.0. The molecule has 0 unspecified atom stereocenters. The average molecular weight is 291 g/mol. The van der Waals surface area contributed by atoms with E-state index in [1.807, 2.05) is 19.9 Å². The Morgan fingerprint density at radius 2 is 2.29 bits per heavy atom. The second-order valence-electron chi connectivity index (χ2n) is 4.70. The maximum absolute atomic E-state index is 12.0. The van der Waals surface area contributed by atoms with E-state index in [2.05, 4.69) is 25.1 Å². The van der Waals surface area contributed by atoms with Gasteiger partial charge in [-0.25, -0.2) is 14.3 Å². The van der Waals surface area contributed by atoms with Crippen molar-refractivity contribution in [2.24, 2.45) is 0 Å².